The molecule has 0 radical (unpaired) electrons. The Labute approximate surface area is 147 Å². The van der Waals surface area contributed by atoms with Gasteiger partial charge in [-0.1, -0.05) is 30.3 Å². The lowest BCUT2D eigenvalue weighted by Gasteiger charge is -2.27. The highest BCUT2D eigenvalue weighted by Gasteiger charge is 2.31. The molecule has 2 rings (SSSR count). The number of hydrogen-bond acceptors (Lipinski definition) is 3. The lowest BCUT2D eigenvalue weighted by Crippen LogP contribution is -2.49. The SMILES string of the molecule is COc1ccc(F)cc1C(C)NC(=O)C(C)(N)c1ccccc1.Cl. The Balaban J connectivity index is 0.00000288. The summed E-state index contributed by atoms with van der Waals surface area (Å²) in [7, 11) is 1.50. The molecule has 0 aromatic heterocycles. The molecule has 2 aromatic carbocycles. The van der Waals surface area contributed by atoms with Gasteiger partial charge in [-0.2, -0.15) is 0 Å². The van der Waals surface area contributed by atoms with Crippen molar-refractivity contribution in [2.75, 3.05) is 7.11 Å². The molecule has 130 valence electrons. The summed E-state index contributed by atoms with van der Waals surface area (Å²) in [5.41, 5.74) is 6.27. The second-order valence-corrected chi connectivity index (χ2v) is 5.65. The monoisotopic (exact) mass is 352 g/mol. The maximum absolute atomic E-state index is 13.5. The third-order valence-corrected chi connectivity index (χ3v) is 3.85. The number of carbonyl (C=O) groups is 1. The average Bonchev–Trinajstić information content (AvgIpc) is 2.55. The van der Waals surface area contributed by atoms with Crippen LogP contribution in [0.5, 0.6) is 5.75 Å². The van der Waals surface area contributed by atoms with Crippen molar-refractivity contribution in [2.45, 2.75) is 25.4 Å². The number of rotatable bonds is 5. The van der Waals surface area contributed by atoms with E-state index in [1.54, 1.807) is 26.0 Å². The van der Waals surface area contributed by atoms with Crippen LogP contribution in [0.1, 0.15) is 31.0 Å². The zero-order valence-electron chi connectivity index (χ0n) is 13.9. The van der Waals surface area contributed by atoms with Crippen molar-refractivity contribution in [2.24, 2.45) is 5.73 Å². The maximum atomic E-state index is 13.5. The molecule has 2 aromatic rings. The summed E-state index contributed by atoms with van der Waals surface area (Å²) in [6.07, 6.45) is 0. The van der Waals surface area contributed by atoms with E-state index in [-0.39, 0.29) is 24.1 Å². The van der Waals surface area contributed by atoms with E-state index in [4.69, 9.17) is 10.5 Å². The molecular formula is C18H22ClFN2O2. The number of halogens is 2. The lowest BCUT2D eigenvalue weighted by molar-refractivity contribution is -0.126. The van der Waals surface area contributed by atoms with Gasteiger partial charge in [-0.05, 0) is 37.6 Å². The van der Waals surface area contributed by atoms with Gasteiger partial charge >= 0.3 is 0 Å². The molecule has 0 spiro atoms. The van der Waals surface area contributed by atoms with E-state index in [0.717, 1.165) is 0 Å². The molecule has 0 bridgehead atoms. The predicted molar refractivity (Wildman–Crippen MR) is 94.7 cm³/mol. The molecule has 0 aliphatic rings. The number of nitrogens with one attached hydrogen (secondary N) is 1. The van der Waals surface area contributed by atoms with Crippen LogP contribution in [0.4, 0.5) is 4.39 Å². The number of methoxy groups -OCH3 is 1. The first-order valence-electron chi connectivity index (χ1n) is 7.35. The van der Waals surface area contributed by atoms with Crippen LogP contribution in [0.3, 0.4) is 0 Å². The average molecular weight is 353 g/mol. The van der Waals surface area contributed by atoms with Crippen LogP contribution < -0.4 is 15.8 Å². The van der Waals surface area contributed by atoms with Gasteiger partial charge in [-0.3, -0.25) is 4.79 Å². The van der Waals surface area contributed by atoms with Crippen LogP contribution in [-0.2, 0) is 10.3 Å². The molecule has 6 heteroatoms. The first kappa shape index (κ1) is 19.9. The fraction of sp³-hybridized carbons (Fsp3) is 0.278. The standard InChI is InChI=1S/C18H21FN2O2.ClH/c1-12(15-11-14(19)9-10-16(15)23-3)21-17(22)18(2,20)13-7-5-4-6-8-13;/h4-12H,20H2,1-3H3,(H,21,22);1H. The quantitative estimate of drug-likeness (QED) is 0.867. The lowest BCUT2D eigenvalue weighted by atomic mass is 9.91. The van der Waals surface area contributed by atoms with Crippen molar-refractivity contribution in [1.82, 2.24) is 5.32 Å². The fourth-order valence-corrected chi connectivity index (χ4v) is 2.38. The number of ether oxygens (including phenoxy) is 1. The van der Waals surface area contributed by atoms with Crippen LogP contribution in [0, 0.1) is 5.82 Å². The number of benzene rings is 2. The molecular weight excluding hydrogens is 331 g/mol. The highest BCUT2D eigenvalue weighted by molar-refractivity contribution is 5.87. The van der Waals surface area contributed by atoms with E-state index < -0.39 is 11.6 Å². The molecule has 0 saturated heterocycles. The summed E-state index contributed by atoms with van der Waals surface area (Å²) >= 11 is 0. The molecule has 3 N–H and O–H groups in total. The zero-order chi connectivity index (χ0) is 17.0. The fourth-order valence-electron chi connectivity index (χ4n) is 2.38. The maximum Gasteiger partial charge on any atom is 0.244 e. The Bertz CT molecular complexity index is 693. The summed E-state index contributed by atoms with van der Waals surface area (Å²) in [4.78, 5) is 12.6. The molecule has 2 atom stereocenters. The first-order valence-corrected chi connectivity index (χ1v) is 7.35. The minimum absolute atomic E-state index is 0. The summed E-state index contributed by atoms with van der Waals surface area (Å²) in [5, 5.41) is 2.83. The van der Waals surface area contributed by atoms with Crippen LogP contribution in [0.2, 0.25) is 0 Å². The molecule has 24 heavy (non-hydrogen) atoms. The van der Waals surface area contributed by atoms with Crippen molar-refractivity contribution in [1.29, 1.82) is 0 Å². The van der Waals surface area contributed by atoms with Gasteiger partial charge < -0.3 is 15.8 Å². The van der Waals surface area contributed by atoms with Crippen LogP contribution in [-0.4, -0.2) is 13.0 Å². The van der Waals surface area contributed by atoms with Crippen molar-refractivity contribution in [3.8, 4) is 5.75 Å². The van der Waals surface area contributed by atoms with E-state index >= 15 is 0 Å². The van der Waals surface area contributed by atoms with E-state index in [2.05, 4.69) is 5.32 Å². The second kappa shape index (κ2) is 8.13. The van der Waals surface area contributed by atoms with Crippen molar-refractivity contribution >= 4 is 18.3 Å². The van der Waals surface area contributed by atoms with Gasteiger partial charge in [0, 0.05) is 5.56 Å². The van der Waals surface area contributed by atoms with Crippen molar-refractivity contribution in [3.05, 3.63) is 65.5 Å². The molecule has 0 fully saturated rings. The Morgan fingerprint density at radius 2 is 1.88 bits per heavy atom. The summed E-state index contributed by atoms with van der Waals surface area (Å²) < 4.78 is 18.7. The van der Waals surface area contributed by atoms with Crippen LogP contribution in [0.15, 0.2) is 48.5 Å². The van der Waals surface area contributed by atoms with E-state index in [9.17, 15) is 9.18 Å². The normalized spacial score (nSPS) is 14.0. The van der Waals surface area contributed by atoms with E-state index in [1.165, 1.54) is 25.3 Å². The van der Waals surface area contributed by atoms with E-state index in [1.807, 2.05) is 18.2 Å². The molecule has 2 unspecified atom stereocenters. The van der Waals surface area contributed by atoms with Gasteiger partial charge in [-0.15, -0.1) is 12.4 Å². The summed E-state index contributed by atoms with van der Waals surface area (Å²) in [5.74, 6) is -0.222. The third-order valence-electron chi connectivity index (χ3n) is 3.85. The number of nitrogens with two attached hydrogens (primary N) is 1. The molecule has 4 nitrogen and oxygen atoms in total. The molecule has 1 amide bonds. The third kappa shape index (κ3) is 4.24. The van der Waals surface area contributed by atoms with Gasteiger partial charge in [0.25, 0.3) is 0 Å². The number of amides is 1. The molecule has 0 heterocycles. The Morgan fingerprint density at radius 1 is 1.25 bits per heavy atom. The largest absolute Gasteiger partial charge is 0.496 e. The highest BCUT2D eigenvalue weighted by Crippen LogP contribution is 2.27. The number of hydrogen-bond donors (Lipinski definition) is 2. The minimum atomic E-state index is -1.18. The summed E-state index contributed by atoms with van der Waals surface area (Å²) in [6.45, 7) is 3.41. The smallest absolute Gasteiger partial charge is 0.244 e. The summed E-state index contributed by atoms with van der Waals surface area (Å²) in [6, 6.07) is 12.9. The van der Waals surface area contributed by atoms with E-state index in [0.29, 0.717) is 16.9 Å². The topological polar surface area (TPSA) is 64.3 Å². The highest BCUT2D eigenvalue weighted by atomic mass is 35.5. The molecule has 0 aliphatic carbocycles. The molecule has 0 saturated carbocycles. The predicted octanol–water partition coefficient (Wildman–Crippen LogP) is 3.31. The van der Waals surface area contributed by atoms with Crippen molar-refractivity contribution < 1.29 is 13.9 Å². The Kier molecular flexibility index (Phi) is 6.75. The Hall–Kier alpha value is -2.11. The minimum Gasteiger partial charge on any atom is -0.496 e. The van der Waals surface area contributed by atoms with Gasteiger partial charge in [0.15, 0.2) is 0 Å². The van der Waals surface area contributed by atoms with Gasteiger partial charge in [-0.25, -0.2) is 4.39 Å². The Morgan fingerprint density at radius 3 is 2.46 bits per heavy atom. The molecule has 0 aliphatic heterocycles. The first-order chi connectivity index (χ1) is 10.9. The number of carbonyl (C=O) groups excluding carboxylic acids is 1. The second-order valence-electron chi connectivity index (χ2n) is 5.65. The zero-order valence-corrected chi connectivity index (χ0v) is 14.7. The van der Waals surface area contributed by atoms with Crippen LogP contribution in [0.25, 0.3) is 0 Å². The van der Waals surface area contributed by atoms with Gasteiger partial charge in [0.1, 0.15) is 17.1 Å². The van der Waals surface area contributed by atoms with Crippen molar-refractivity contribution in [3.63, 3.8) is 0 Å². The van der Waals surface area contributed by atoms with Crippen LogP contribution >= 0.6 is 12.4 Å². The van der Waals surface area contributed by atoms with Gasteiger partial charge in [0.05, 0.1) is 13.2 Å². The van der Waals surface area contributed by atoms with Gasteiger partial charge in [0.2, 0.25) is 5.91 Å².